The molecule has 11 rings (SSSR count). The zero-order valence-corrected chi connectivity index (χ0v) is 57.0. The fraction of sp³-hybridized carbons (Fsp3) is 0.337. The van der Waals surface area contributed by atoms with E-state index in [0.717, 1.165) is 83.8 Å². The van der Waals surface area contributed by atoms with Crippen LogP contribution >= 0.6 is 0 Å². The molecule has 0 saturated heterocycles. The molecular formula is C83H93N5O. The highest BCUT2D eigenvalue weighted by Crippen LogP contribution is 2.47. The van der Waals surface area contributed by atoms with Crippen LogP contribution in [0.4, 0.5) is 0 Å². The average Bonchev–Trinajstić information content (AvgIpc) is 1.68. The monoisotopic (exact) mass is 1180 g/mol. The molecule has 0 spiro atoms. The second kappa shape index (κ2) is 22.3. The molecule has 0 N–H and O–H groups in total. The Balaban J connectivity index is 1.20. The Morgan fingerprint density at radius 2 is 0.865 bits per heavy atom. The van der Waals surface area contributed by atoms with Crippen LogP contribution < -0.4 is 9.42 Å². The van der Waals surface area contributed by atoms with Gasteiger partial charge in [-0.15, -0.1) is 5.10 Å². The third kappa shape index (κ3) is 12.7. The Morgan fingerprint density at radius 3 is 1.38 bits per heavy atom. The number of pyridine rings is 1. The number of aromatic nitrogens is 5. The minimum Gasteiger partial charge on any atom is -0.458 e. The first-order chi connectivity index (χ1) is 41.5. The standard InChI is InChI=1S/C83H93N5O/c1-77(2,3)56-37-38-84-73(48-56)88-71-36-26-25-33-69(71)74-70(53-29-23-22-24-30-53)50-66(51-72(74)88)89-65-32-27-31-63(49-65)86-52-87(64-46-61(82(16,17)18)45-62(47-64)83(19,20)21)85-76(86)75-67(54-39-57(78(4,5)6)43-58(40-54)79(7,8)9)34-28-35-68(75)55-41-59(80(10,11)12)44-60(42-55)81(13,14)15/h22-51H,1-21H3. The molecule has 8 aromatic carbocycles. The van der Waals surface area contributed by atoms with Gasteiger partial charge in [0.2, 0.25) is 0 Å². The van der Waals surface area contributed by atoms with Crippen molar-refractivity contribution in [1.82, 2.24) is 19.2 Å². The van der Waals surface area contributed by atoms with Gasteiger partial charge in [-0.1, -0.05) is 279 Å². The quantitative estimate of drug-likeness (QED) is 0.107. The Bertz CT molecular complexity index is 4290. The van der Waals surface area contributed by atoms with E-state index in [4.69, 9.17) is 14.8 Å². The van der Waals surface area contributed by atoms with E-state index in [-0.39, 0.29) is 37.9 Å². The second-order valence-electron chi connectivity index (χ2n) is 32.1. The summed E-state index contributed by atoms with van der Waals surface area (Å²) in [7, 11) is 0. The molecule has 11 aromatic rings. The molecule has 0 radical (unpaired) electrons. The van der Waals surface area contributed by atoms with E-state index in [0.29, 0.717) is 11.5 Å². The van der Waals surface area contributed by atoms with Crippen molar-refractivity contribution in [2.75, 3.05) is 0 Å². The van der Waals surface area contributed by atoms with Crippen molar-refractivity contribution in [3.63, 3.8) is 0 Å². The van der Waals surface area contributed by atoms with Crippen LogP contribution in [0.15, 0.2) is 182 Å². The molecule has 0 saturated carbocycles. The highest BCUT2D eigenvalue weighted by atomic mass is 16.5. The fourth-order valence-corrected chi connectivity index (χ4v) is 12.0. The van der Waals surface area contributed by atoms with Crippen molar-refractivity contribution in [3.8, 4) is 73.5 Å². The molecule has 6 heteroatoms. The summed E-state index contributed by atoms with van der Waals surface area (Å²) in [4.78, 5) is 5.07. The van der Waals surface area contributed by atoms with Gasteiger partial charge in [-0.2, -0.15) is 4.68 Å². The maximum Gasteiger partial charge on any atom is 0.273 e. The summed E-state index contributed by atoms with van der Waals surface area (Å²) in [5.74, 6) is 3.00. The molecule has 0 unspecified atom stereocenters. The van der Waals surface area contributed by atoms with Gasteiger partial charge in [0, 0.05) is 28.6 Å². The molecular weight excluding hydrogens is 1080 g/mol. The van der Waals surface area contributed by atoms with Crippen LogP contribution in [0.3, 0.4) is 0 Å². The number of fused-ring (bicyclic) bond motifs is 3. The smallest absolute Gasteiger partial charge is 0.273 e. The SMILES string of the molecule is CC(C)(C)c1cc(-c2cccc(-c3cc(C(C)(C)C)cc(C(C)(C)C)c3)c2-c2n[n+](-c3cc(C(C)(C)C)cc(C(C)(C)C)c3)[c-]n2-c2cccc(Oc3cc(-c4ccccc4)c4c5ccccc5n(-c5cc(C(C)(C)C)ccn5)c4c3)c2)cc(C(C)(C)C)c1. The van der Waals surface area contributed by atoms with Gasteiger partial charge in [0.15, 0.2) is 5.82 Å². The summed E-state index contributed by atoms with van der Waals surface area (Å²) in [5.41, 5.74) is 19.6. The maximum atomic E-state index is 7.30. The number of benzene rings is 8. The molecule has 0 atom stereocenters. The van der Waals surface area contributed by atoms with E-state index < -0.39 is 0 Å². The minimum atomic E-state index is -0.135. The van der Waals surface area contributed by atoms with Gasteiger partial charge in [-0.05, 0) is 147 Å². The highest BCUT2D eigenvalue weighted by Gasteiger charge is 2.30. The molecule has 0 aliphatic heterocycles. The zero-order chi connectivity index (χ0) is 64.1. The second-order valence-corrected chi connectivity index (χ2v) is 32.1. The predicted molar refractivity (Wildman–Crippen MR) is 375 cm³/mol. The van der Waals surface area contributed by atoms with Crippen LogP contribution in [-0.2, 0) is 37.9 Å². The molecule has 6 nitrogen and oxygen atoms in total. The Hall–Kier alpha value is -8.35. The molecule has 0 bridgehead atoms. The molecule has 3 heterocycles. The van der Waals surface area contributed by atoms with Crippen LogP contribution in [0.25, 0.3) is 83.8 Å². The van der Waals surface area contributed by atoms with Gasteiger partial charge >= 0.3 is 0 Å². The van der Waals surface area contributed by atoms with Crippen molar-refractivity contribution >= 4 is 21.8 Å². The Morgan fingerprint density at radius 1 is 0.382 bits per heavy atom. The van der Waals surface area contributed by atoms with Crippen LogP contribution in [0.2, 0.25) is 0 Å². The van der Waals surface area contributed by atoms with E-state index in [9.17, 15) is 0 Å². The van der Waals surface area contributed by atoms with Crippen LogP contribution in [-0.4, -0.2) is 19.2 Å². The topological polar surface area (TPSA) is 48.8 Å². The summed E-state index contributed by atoms with van der Waals surface area (Å²) in [6.45, 7) is 48.4. The Kier molecular flexibility index (Phi) is 15.6. The average molecular weight is 1180 g/mol. The van der Waals surface area contributed by atoms with E-state index >= 15 is 0 Å². The van der Waals surface area contributed by atoms with Crippen molar-refractivity contribution in [2.24, 2.45) is 0 Å². The first-order valence-corrected chi connectivity index (χ1v) is 32.0. The van der Waals surface area contributed by atoms with E-state index in [1.807, 2.05) is 10.9 Å². The predicted octanol–water partition coefficient (Wildman–Crippen LogP) is 22.0. The largest absolute Gasteiger partial charge is 0.458 e. The van der Waals surface area contributed by atoms with Gasteiger partial charge in [-0.3, -0.25) is 9.13 Å². The van der Waals surface area contributed by atoms with Gasteiger partial charge < -0.3 is 4.74 Å². The lowest BCUT2D eigenvalue weighted by molar-refractivity contribution is -0.660. The molecule has 0 aliphatic rings. The number of hydrogen-bond acceptors (Lipinski definition) is 3. The first kappa shape index (κ1) is 62.3. The third-order valence-corrected chi connectivity index (χ3v) is 17.7. The van der Waals surface area contributed by atoms with E-state index in [2.05, 4.69) is 337 Å². The summed E-state index contributed by atoms with van der Waals surface area (Å²) in [6, 6.07) is 64.9. The lowest BCUT2D eigenvalue weighted by Gasteiger charge is -2.28. The van der Waals surface area contributed by atoms with Crippen LogP contribution in [0, 0.1) is 6.33 Å². The van der Waals surface area contributed by atoms with Gasteiger partial charge in [-0.25, -0.2) is 4.98 Å². The number of hydrogen-bond donors (Lipinski definition) is 0. The lowest BCUT2D eigenvalue weighted by atomic mass is 9.77. The molecule has 89 heavy (non-hydrogen) atoms. The van der Waals surface area contributed by atoms with E-state index in [1.165, 1.54) is 38.9 Å². The number of ether oxygens (including phenoxy) is 1. The minimum absolute atomic E-state index is 0.0769. The highest BCUT2D eigenvalue weighted by molar-refractivity contribution is 6.16. The van der Waals surface area contributed by atoms with Crippen molar-refractivity contribution in [2.45, 2.75) is 183 Å². The molecule has 3 aromatic heterocycles. The van der Waals surface area contributed by atoms with Crippen molar-refractivity contribution in [3.05, 3.63) is 227 Å². The van der Waals surface area contributed by atoms with Crippen molar-refractivity contribution in [1.29, 1.82) is 0 Å². The maximum absolute atomic E-state index is 7.30. The molecule has 0 aliphatic carbocycles. The fourth-order valence-electron chi connectivity index (χ4n) is 12.0. The summed E-state index contributed by atoms with van der Waals surface area (Å²) in [5, 5.41) is 8.17. The molecule has 0 amide bonds. The van der Waals surface area contributed by atoms with Gasteiger partial charge in [0.05, 0.1) is 22.4 Å². The third-order valence-electron chi connectivity index (χ3n) is 17.7. The molecule has 456 valence electrons. The zero-order valence-electron chi connectivity index (χ0n) is 57.0. The number of nitrogens with zero attached hydrogens (tertiary/aromatic N) is 5. The van der Waals surface area contributed by atoms with Gasteiger partial charge in [0.25, 0.3) is 6.33 Å². The summed E-state index contributed by atoms with van der Waals surface area (Å²) >= 11 is 0. The number of para-hydroxylation sites is 1. The summed E-state index contributed by atoms with van der Waals surface area (Å²) < 4.78 is 13.8. The lowest BCUT2D eigenvalue weighted by Crippen LogP contribution is -2.34. The Labute approximate surface area is 531 Å². The van der Waals surface area contributed by atoms with Gasteiger partial charge in [0.1, 0.15) is 17.3 Å². The first-order valence-electron chi connectivity index (χ1n) is 32.0. The molecule has 0 fully saturated rings. The number of rotatable bonds is 9. The van der Waals surface area contributed by atoms with Crippen LogP contribution in [0.5, 0.6) is 11.5 Å². The van der Waals surface area contributed by atoms with Crippen LogP contribution in [0.1, 0.15) is 184 Å². The summed E-state index contributed by atoms with van der Waals surface area (Å²) in [6.07, 6.45) is 5.87. The van der Waals surface area contributed by atoms with Crippen molar-refractivity contribution < 1.29 is 9.42 Å². The van der Waals surface area contributed by atoms with E-state index in [1.54, 1.807) is 0 Å². The normalized spacial score (nSPS) is 13.0.